The zero-order valence-electron chi connectivity index (χ0n) is 7.97. The Hall–Kier alpha value is -0.890. The van der Waals surface area contributed by atoms with Crippen molar-refractivity contribution in [1.29, 1.82) is 0 Å². The van der Waals surface area contributed by atoms with Gasteiger partial charge in [-0.05, 0) is 18.1 Å². The highest BCUT2D eigenvalue weighted by atomic mass is 35.5. The van der Waals surface area contributed by atoms with E-state index in [2.05, 4.69) is 19.2 Å². The quantitative estimate of drug-likeness (QED) is 0.733. The molecule has 0 aromatic heterocycles. The first-order chi connectivity index (χ1) is 6.11. The van der Waals surface area contributed by atoms with Crippen molar-refractivity contribution in [3.63, 3.8) is 0 Å². The van der Waals surface area contributed by atoms with E-state index in [9.17, 15) is 0 Å². The second kappa shape index (κ2) is 4.38. The van der Waals surface area contributed by atoms with Gasteiger partial charge in [0.15, 0.2) is 0 Å². The minimum atomic E-state index is 0.596. The van der Waals surface area contributed by atoms with E-state index < -0.39 is 0 Å². The van der Waals surface area contributed by atoms with Crippen LogP contribution in [-0.4, -0.2) is 6.54 Å². The first-order valence-electron chi connectivity index (χ1n) is 4.39. The van der Waals surface area contributed by atoms with Gasteiger partial charge in [-0.15, -0.1) is 0 Å². The van der Waals surface area contributed by atoms with E-state index in [1.165, 1.54) is 0 Å². The zero-order valence-corrected chi connectivity index (χ0v) is 8.73. The molecule has 0 bridgehead atoms. The van der Waals surface area contributed by atoms with Gasteiger partial charge in [-0.3, -0.25) is 0 Å². The van der Waals surface area contributed by atoms with Crippen LogP contribution in [0.25, 0.3) is 0 Å². The van der Waals surface area contributed by atoms with E-state index in [4.69, 9.17) is 17.3 Å². The molecule has 0 unspecified atom stereocenters. The first kappa shape index (κ1) is 10.2. The fourth-order valence-corrected chi connectivity index (χ4v) is 1.18. The van der Waals surface area contributed by atoms with E-state index >= 15 is 0 Å². The number of halogens is 1. The summed E-state index contributed by atoms with van der Waals surface area (Å²) in [6.45, 7) is 5.20. The Morgan fingerprint density at radius 2 is 2.15 bits per heavy atom. The molecule has 3 N–H and O–H groups in total. The van der Waals surface area contributed by atoms with Crippen LogP contribution < -0.4 is 11.1 Å². The molecule has 0 saturated heterocycles. The lowest BCUT2D eigenvalue weighted by molar-refractivity contribution is 0.689. The molecule has 0 saturated carbocycles. The molecule has 72 valence electrons. The third-order valence-electron chi connectivity index (χ3n) is 1.75. The van der Waals surface area contributed by atoms with Crippen molar-refractivity contribution in [2.24, 2.45) is 5.92 Å². The molecule has 2 nitrogen and oxygen atoms in total. The molecule has 0 spiro atoms. The number of rotatable bonds is 3. The Morgan fingerprint density at radius 1 is 1.46 bits per heavy atom. The predicted octanol–water partition coefficient (Wildman–Crippen LogP) is 2.99. The summed E-state index contributed by atoms with van der Waals surface area (Å²) in [4.78, 5) is 0. The molecule has 3 heteroatoms. The SMILES string of the molecule is CC(C)CNc1cccc(Cl)c1N. The second-order valence-electron chi connectivity index (χ2n) is 3.48. The maximum absolute atomic E-state index is 5.86. The Kier molecular flexibility index (Phi) is 3.43. The van der Waals surface area contributed by atoms with Gasteiger partial charge in [0, 0.05) is 6.54 Å². The molecule has 1 aromatic carbocycles. The number of nitrogens with one attached hydrogen (secondary N) is 1. The van der Waals surface area contributed by atoms with Crippen molar-refractivity contribution in [2.75, 3.05) is 17.6 Å². The van der Waals surface area contributed by atoms with Gasteiger partial charge in [0.25, 0.3) is 0 Å². The van der Waals surface area contributed by atoms with E-state index in [1.54, 1.807) is 6.07 Å². The number of benzene rings is 1. The fourth-order valence-electron chi connectivity index (χ4n) is 1.01. The minimum absolute atomic E-state index is 0.596. The zero-order chi connectivity index (χ0) is 9.84. The van der Waals surface area contributed by atoms with Crippen molar-refractivity contribution in [3.05, 3.63) is 23.2 Å². The van der Waals surface area contributed by atoms with Crippen LogP contribution in [0.2, 0.25) is 5.02 Å². The molecule has 0 atom stereocenters. The van der Waals surface area contributed by atoms with Gasteiger partial charge in [-0.25, -0.2) is 0 Å². The van der Waals surface area contributed by atoms with Crippen LogP contribution in [0, 0.1) is 5.92 Å². The minimum Gasteiger partial charge on any atom is -0.396 e. The van der Waals surface area contributed by atoms with E-state index in [0.717, 1.165) is 12.2 Å². The predicted molar refractivity (Wildman–Crippen MR) is 59.2 cm³/mol. The van der Waals surface area contributed by atoms with Gasteiger partial charge < -0.3 is 11.1 Å². The lowest BCUT2D eigenvalue weighted by atomic mass is 10.2. The highest BCUT2D eigenvalue weighted by molar-refractivity contribution is 6.33. The maximum Gasteiger partial charge on any atom is 0.0739 e. The Bertz CT molecular complexity index is 284. The molecule has 0 radical (unpaired) electrons. The Balaban J connectivity index is 2.71. The average molecular weight is 199 g/mol. The summed E-state index contributed by atoms with van der Waals surface area (Å²) < 4.78 is 0. The molecule has 0 aliphatic rings. The van der Waals surface area contributed by atoms with Crippen molar-refractivity contribution < 1.29 is 0 Å². The summed E-state index contributed by atoms with van der Waals surface area (Å²) in [6, 6.07) is 5.61. The van der Waals surface area contributed by atoms with Crippen molar-refractivity contribution >= 4 is 23.0 Å². The van der Waals surface area contributed by atoms with Crippen molar-refractivity contribution in [2.45, 2.75) is 13.8 Å². The van der Waals surface area contributed by atoms with E-state index in [0.29, 0.717) is 16.6 Å². The van der Waals surface area contributed by atoms with Crippen LogP contribution in [0.1, 0.15) is 13.8 Å². The number of para-hydroxylation sites is 1. The van der Waals surface area contributed by atoms with Crippen LogP contribution in [-0.2, 0) is 0 Å². The van der Waals surface area contributed by atoms with Gasteiger partial charge in [0.1, 0.15) is 0 Å². The molecule has 0 aliphatic heterocycles. The lowest BCUT2D eigenvalue weighted by Crippen LogP contribution is -2.09. The topological polar surface area (TPSA) is 38.0 Å². The summed E-state index contributed by atoms with van der Waals surface area (Å²) in [6.07, 6.45) is 0. The number of nitrogens with two attached hydrogens (primary N) is 1. The van der Waals surface area contributed by atoms with Crippen LogP contribution in [0.3, 0.4) is 0 Å². The second-order valence-corrected chi connectivity index (χ2v) is 3.88. The Morgan fingerprint density at radius 3 is 2.77 bits per heavy atom. The third kappa shape index (κ3) is 2.81. The van der Waals surface area contributed by atoms with Crippen molar-refractivity contribution in [1.82, 2.24) is 0 Å². The molecule has 0 aliphatic carbocycles. The molecule has 1 aromatic rings. The summed E-state index contributed by atoms with van der Waals surface area (Å²) in [7, 11) is 0. The average Bonchev–Trinajstić information content (AvgIpc) is 2.07. The fraction of sp³-hybridized carbons (Fsp3) is 0.400. The molecular formula is C10H15ClN2. The standard InChI is InChI=1S/C10H15ClN2/c1-7(2)6-13-9-5-3-4-8(11)10(9)12/h3-5,7,13H,6,12H2,1-2H3. The number of nitrogen functional groups attached to an aromatic ring is 1. The van der Waals surface area contributed by atoms with Crippen LogP contribution in [0.5, 0.6) is 0 Å². The normalized spacial score (nSPS) is 10.5. The number of anilines is 2. The third-order valence-corrected chi connectivity index (χ3v) is 2.08. The molecular weight excluding hydrogens is 184 g/mol. The molecule has 0 fully saturated rings. The summed E-state index contributed by atoms with van der Waals surface area (Å²) >= 11 is 5.86. The summed E-state index contributed by atoms with van der Waals surface area (Å²) in [5, 5.41) is 3.85. The highest BCUT2D eigenvalue weighted by Gasteiger charge is 2.02. The number of hydrogen-bond acceptors (Lipinski definition) is 2. The molecule has 13 heavy (non-hydrogen) atoms. The van der Waals surface area contributed by atoms with Gasteiger partial charge in [-0.2, -0.15) is 0 Å². The van der Waals surface area contributed by atoms with E-state index in [1.807, 2.05) is 12.1 Å². The monoisotopic (exact) mass is 198 g/mol. The Labute approximate surface area is 84.1 Å². The first-order valence-corrected chi connectivity index (χ1v) is 4.77. The summed E-state index contributed by atoms with van der Waals surface area (Å²) in [5.41, 5.74) is 7.32. The smallest absolute Gasteiger partial charge is 0.0739 e. The molecule has 1 rings (SSSR count). The van der Waals surface area contributed by atoms with Crippen LogP contribution >= 0.6 is 11.6 Å². The van der Waals surface area contributed by atoms with Crippen LogP contribution in [0.4, 0.5) is 11.4 Å². The number of hydrogen-bond donors (Lipinski definition) is 2. The van der Waals surface area contributed by atoms with Gasteiger partial charge in [0.2, 0.25) is 0 Å². The van der Waals surface area contributed by atoms with Gasteiger partial charge >= 0.3 is 0 Å². The largest absolute Gasteiger partial charge is 0.396 e. The van der Waals surface area contributed by atoms with E-state index in [-0.39, 0.29) is 0 Å². The molecule has 0 amide bonds. The maximum atomic E-state index is 5.86. The summed E-state index contributed by atoms with van der Waals surface area (Å²) in [5.74, 6) is 0.596. The van der Waals surface area contributed by atoms with Gasteiger partial charge in [-0.1, -0.05) is 31.5 Å². The van der Waals surface area contributed by atoms with Gasteiger partial charge in [0.05, 0.1) is 16.4 Å². The van der Waals surface area contributed by atoms with Crippen LogP contribution in [0.15, 0.2) is 18.2 Å². The van der Waals surface area contributed by atoms with Crippen molar-refractivity contribution in [3.8, 4) is 0 Å². The molecule has 0 heterocycles. The highest BCUT2D eigenvalue weighted by Crippen LogP contribution is 2.26. The lowest BCUT2D eigenvalue weighted by Gasteiger charge is -2.11.